The van der Waals surface area contributed by atoms with Crippen molar-refractivity contribution in [2.45, 2.75) is 25.9 Å². The number of rotatable bonds is 3. The van der Waals surface area contributed by atoms with Crippen LogP contribution in [-0.2, 0) is 11.3 Å². The fourth-order valence-electron chi connectivity index (χ4n) is 1.85. The number of hydrogen-bond donors (Lipinski definition) is 1. The summed E-state index contributed by atoms with van der Waals surface area (Å²) in [5.41, 5.74) is 0.817. The summed E-state index contributed by atoms with van der Waals surface area (Å²) in [5.74, 6) is 0.931. The molecule has 1 unspecified atom stereocenters. The molecule has 0 aromatic carbocycles. The first-order valence-corrected chi connectivity index (χ1v) is 5.09. The van der Waals surface area contributed by atoms with Gasteiger partial charge in [0.2, 0.25) is 5.91 Å². The van der Waals surface area contributed by atoms with Crippen LogP contribution < -0.4 is 5.32 Å². The number of amides is 1. The van der Waals surface area contributed by atoms with Crippen molar-refractivity contribution in [3.8, 4) is 0 Å². The highest BCUT2D eigenvalue weighted by atomic mass is 16.5. The molecule has 1 aromatic heterocycles. The summed E-state index contributed by atoms with van der Waals surface area (Å²) in [7, 11) is 1.81. The van der Waals surface area contributed by atoms with Crippen molar-refractivity contribution in [3.63, 3.8) is 0 Å². The average Bonchev–Trinajstić information content (AvgIpc) is 2.76. The SMILES string of the molecule is CNC1CCN(Cc2cc(C)on2)C1=O. The maximum atomic E-state index is 11.8. The van der Waals surface area contributed by atoms with Gasteiger partial charge in [0, 0.05) is 12.6 Å². The highest BCUT2D eigenvalue weighted by molar-refractivity contribution is 5.83. The van der Waals surface area contributed by atoms with Gasteiger partial charge < -0.3 is 14.7 Å². The molecule has 2 rings (SSSR count). The third kappa shape index (κ3) is 2.02. The van der Waals surface area contributed by atoms with Crippen molar-refractivity contribution in [1.82, 2.24) is 15.4 Å². The van der Waals surface area contributed by atoms with Gasteiger partial charge in [0.15, 0.2) is 0 Å². The summed E-state index contributed by atoms with van der Waals surface area (Å²) in [6.07, 6.45) is 0.867. The second-order valence-electron chi connectivity index (χ2n) is 3.82. The number of hydrogen-bond acceptors (Lipinski definition) is 4. The number of carbonyl (C=O) groups excluding carboxylic acids is 1. The van der Waals surface area contributed by atoms with Gasteiger partial charge in [-0.3, -0.25) is 4.79 Å². The predicted molar refractivity (Wildman–Crippen MR) is 54.1 cm³/mol. The van der Waals surface area contributed by atoms with Crippen molar-refractivity contribution >= 4 is 5.91 Å². The van der Waals surface area contributed by atoms with Crippen LogP contribution in [0.4, 0.5) is 0 Å². The summed E-state index contributed by atoms with van der Waals surface area (Å²) in [5, 5.41) is 6.87. The fraction of sp³-hybridized carbons (Fsp3) is 0.600. The van der Waals surface area contributed by atoms with Crippen molar-refractivity contribution in [2.75, 3.05) is 13.6 Å². The van der Waals surface area contributed by atoms with Crippen LogP contribution >= 0.6 is 0 Å². The highest BCUT2D eigenvalue weighted by Gasteiger charge is 2.30. The largest absolute Gasteiger partial charge is 0.361 e. The van der Waals surface area contributed by atoms with E-state index < -0.39 is 0 Å². The Balaban J connectivity index is 1.99. The molecule has 0 bridgehead atoms. The second-order valence-corrected chi connectivity index (χ2v) is 3.82. The number of carbonyl (C=O) groups is 1. The number of likely N-dealkylation sites (N-methyl/N-ethyl adjacent to an activating group) is 1. The Bertz CT molecular complexity index is 361. The van der Waals surface area contributed by atoms with Crippen LogP contribution in [0.3, 0.4) is 0 Å². The lowest BCUT2D eigenvalue weighted by atomic mass is 10.2. The summed E-state index contributed by atoms with van der Waals surface area (Å²) < 4.78 is 4.96. The number of nitrogens with zero attached hydrogens (tertiary/aromatic N) is 2. The molecule has 82 valence electrons. The molecule has 1 atom stereocenters. The molecule has 1 fully saturated rings. The zero-order chi connectivity index (χ0) is 10.8. The molecule has 1 aliphatic heterocycles. The smallest absolute Gasteiger partial charge is 0.240 e. The molecule has 15 heavy (non-hydrogen) atoms. The van der Waals surface area contributed by atoms with Crippen LogP contribution in [-0.4, -0.2) is 35.6 Å². The van der Waals surface area contributed by atoms with Crippen LogP contribution in [0, 0.1) is 6.92 Å². The minimum Gasteiger partial charge on any atom is -0.361 e. The first-order valence-electron chi connectivity index (χ1n) is 5.09. The van der Waals surface area contributed by atoms with Crippen LogP contribution in [0.5, 0.6) is 0 Å². The molecule has 0 aliphatic carbocycles. The maximum Gasteiger partial charge on any atom is 0.240 e. The Morgan fingerprint density at radius 3 is 3.07 bits per heavy atom. The Kier molecular flexibility index (Phi) is 2.73. The zero-order valence-corrected chi connectivity index (χ0v) is 8.99. The molecule has 0 radical (unpaired) electrons. The Labute approximate surface area is 88.4 Å². The zero-order valence-electron chi connectivity index (χ0n) is 8.99. The van der Waals surface area contributed by atoms with E-state index in [1.807, 2.05) is 20.0 Å². The number of aromatic nitrogens is 1. The molecule has 1 N–H and O–H groups in total. The lowest BCUT2D eigenvalue weighted by Gasteiger charge is -2.14. The first-order chi connectivity index (χ1) is 7.20. The Morgan fingerprint density at radius 2 is 2.53 bits per heavy atom. The Morgan fingerprint density at radius 1 is 1.73 bits per heavy atom. The van der Waals surface area contributed by atoms with Crippen molar-refractivity contribution in [2.24, 2.45) is 0 Å². The van der Waals surface area contributed by atoms with Gasteiger partial charge in [0.25, 0.3) is 0 Å². The molecule has 1 aliphatic rings. The fourth-order valence-corrected chi connectivity index (χ4v) is 1.85. The van der Waals surface area contributed by atoms with Gasteiger partial charge in [0.05, 0.1) is 12.6 Å². The van der Waals surface area contributed by atoms with E-state index in [1.54, 1.807) is 4.90 Å². The van der Waals surface area contributed by atoms with Gasteiger partial charge >= 0.3 is 0 Å². The monoisotopic (exact) mass is 209 g/mol. The van der Waals surface area contributed by atoms with Crippen LogP contribution in [0.25, 0.3) is 0 Å². The van der Waals surface area contributed by atoms with Crippen molar-refractivity contribution in [3.05, 3.63) is 17.5 Å². The quantitative estimate of drug-likeness (QED) is 0.778. The predicted octanol–water partition coefficient (Wildman–Crippen LogP) is 0.303. The van der Waals surface area contributed by atoms with E-state index in [9.17, 15) is 4.79 Å². The normalized spacial score (nSPS) is 21.3. The molecule has 1 saturated heterocycles. The molecule has 5 nitrogen and oxygen atoms in total. The molecular formula is C10H15N3O2. The van der Waals surface area contributed by atoms with Gasteiger partial charge in [-0.1, -0.05) is 5.16 Å². The molecule has 0 spiro atoms. The molecule has 0 saturated carbocycles. The first kappa shape index (κ1) is 10.2. The minimum absolute atomic E-state index is 0.0296. The van der Waals surface area contributed by atoms with E-state index >= 15 is 0 Å². The van der Waals surface area contributed by atoms with Crippen molar-refractivity contribution in [1.29, 1.82) is 0 Å². The molecular weight excluding hydrogens is 194 g/mol. The van der Waals surface area contributed by atoms with Gasteiger partial charge in [-0.2, -0.15) is 0 Å². The van der Waals surface area contributed by atoms with E-state index in [4.69, 9.17) is 4.52 Å². The summed E-state index contributed by atoms with van der Waals surface area (Å²) >= 11 is 0. The third-order valence-corrected chi connectivity index (χ3v) is 2.68. The summed E-state index contributed by atoms with van der Waals surface area (Å²) in [6, 6.07) is 1.83. The van der Waals surface area contributed by atoms with Crippen LogP contribution in [0.1, 0.15) is 17.9 Å². The number of likely N-dealkylation sites (tertiary alicyclic amines) is 1. The summed E-state index contributed by atoms with van der Waals surface area (Å²) in [6.45, 7) is 3.18. The lowest BCUT2D eigenvalue weighted by Crippen LogP contribution is -2.35. The lowest BCUT2D eigenvalue weighted by molar-refractivity contribution is -0.129. The van der Waals surface area contributed by atoms with E-state index in [1.165, 1.54) is 0 Å². The van der Waals surface area contributed by atoms with Gasteiger partial charge in [0.1, 0.15) is 11.5 Å². The number of nitrogens with one attached hydrogen (secondary N) is 1. The average molecular weight is 209 g/mol. The topological polar surface area (TPSA) is 58.4 Å². The molecule has 2 heterocycles. The molecule has 5 heteroatoms. The van der Waals surface area contributed by atoms with E-state index in [2.05, 4.69) is 10.5 Å². The standard InChI is InChI=1S/C10H15N3O2/c1-7-5-8(12-15-7)6-13-4-3-9(11-2)10(13)14/h5,9,11H,3-4,6H2,1-2H3. The Hall–Kier alpha value is -1.36. The van der Waals surface area contributed by atoms with E-state index in [0.717, 1.165) is 24.4 Å². The molecule has 1 amide bonds. The van der Waals surface area contributed by atoms with Gasteiger partial charge in [-0.05, 0) is 20.4 Å². The maximum absolute atomic E-state index is 11.8. The van der Waals surface area contributed by atoms with Crippen LogP contribution in [0.15, 0.2) is 10.6 Å². The van der Waals surface area contributed by atoms with E-state index in [-0.39, 0.29) is 11.9 Å². The highest BCUT2D eigenvalue weighted by Crippen LogP contribution is 2.14. The minimum atomic E-state index is -0.0296. The number of aryl methyl sites for hydroxylation is 1. The second kappa shape index (κ2) is 4.02. The van der Waals surface area contributed by atoms with Gasteiger partial charge in [-0.25, -0.2) is 0 Å². The van der Waals surface area contributed by atoms with Crippen molar-refractivity contribution < 1.29 is 9.32 Å². The van der Waals surface area contributed by atoms with Gasteiger partial charge in [-0.15, -0.1) is 0 Å². The summed E-state index contributed by atoms with van der Waals surface area (Å²) in [4.78, 5) is 13.6. The van der Waals surface area contributed by atoms with E-state index in [0.29, 0.717) is 6.54 Å². The molecule has 1 aromatic rings. The third-order valence-electron chi connectivity index (χ3n) is 2.68. The van der Waals surface area contributed by atoms with Crippen LogP contribution in [0.2, 0.25) is 0 Å².